The number of hydrogen-bond acceptors (Lipinski definition) is 2. The van der Waals surface area contributed by atoms with Crippen LogP contribution in [0.2, 0.25) is 0 Å². The predicted octanol–water partition coefficient (Wildman–Crippen LogP) is 5.92. The van der Waals surface area contributed by atoms with E-state index in [2.05, 4.69) is 47.1 Å². The van der Waals surface area contributed by atoms with Gasteiger partial charge in [0, 0.05) is 17.9 Å². The van der Waals surface area contributed by atoms with Gasteiger partial charge in [0.1, 0.15) is 12.6 Å². The molecule has 36 heavy (non-hydrogen) atoms. The van der Waals surface area contributed by atoms with Crippen molar-refractivity contribution in [3.8, 4) is 5.69 Å². The number of para-hydroxylation sites is 3. The fourth-order valence-corrected chi connectivity index (χ4v) is 5.02. The number of carbonyl (C=O) groups is 2. The molecule has 1 atom stereocenters. The summed E-state index contributed by atoms with van der Waals surface area (Å²) in [6.45, 7) is 2.07. The standard InChI is InChI=1S/C30H28N4O2/c1-21-13-15-22(16-14-21)29-27-12-7-19-32(27)25-10-5-6-11-26(25)34(29)28(35)20-33(24-17-18-24)30(36)31-23-8-3-2-4-9-23/h2-16,19,24,29H,17-18,20H2,1H3,(H,31,36). The van der Waals surface area contributed by atoms with Gasteiger partial charge in [0.25, 0.3) is 0 Å². The summed E-state index contributed by atoms with van der Waals surface area (Å²) in [6, 6.07) is 29.3. The summed E-state index contributed by atoms with van der Waals surface area (Å²) in [4.78, 5) is 30.9. The zero-order chi connectivity index (χ0) is 24.6. The van der Waals surface area contributed by atoms with E-state index in [-0.39, 0.29) is 30.6 Å². The zero-order valence-corrected chi connectivity index (χ0v) is 20.2. The summed E-state index contributed by atoms with van der Waals surface area (Å²) < 4.78 is 2.16. The maximum absolute atomic E-state index is 14.1. The largest absolute Gasteiger partial charge is 0.322 e. The molecule has 1 unspecified atom stereocenters. The molecule has 2 aliphatic rings. The molecule has 1 N–H and O–H groups in total. The number of rotatable bonds is 5. The van der Waals surface area contributed by atoms with E-state index in [1.165, 1.54) is 5.56 Å². The molecule has 0 bridgehead atoms. The number of nitrogens with one attached hydrogen (secondary N) is 1. The second-order valence-electron chi connectivity index (χ2n) is 9.52. The van der Waals surface area contributed by atoms with Crippen molar-refractivity contribution in [1.82, 2.24) is 9.47 Å². The van der Waals surface area contributed by atoms with Gasteiger partial charge in [0.05, 0.1) is 17.1 Å². The summed E-state index contributed by atoms with van der Waals surface area (Å²) in [6.07, 6.45) is 3.87. The van der Waals surface area contributed by atoms with Gasteiger partial charge >= 0.3 is 6.03 Å². The first-order chi connectivity index (χ1) is 17.6. The van der Waals surface area contributed by atoms with Crippen LogP contribution in [0.25, 0.3) is 5.69 Å². The normalized spacial score (nSPS) is 16.1. The lowest BCUT2D eigenvalue weighted by atomic mass is 9.97. The molecule has 3 amide bonds. The third-order valence-electron chi connectivity index (χ3n) is 6.96. The van der Waals surface area contributed by atoms with Gasteiger partial charge in [0.15, 0.2) is 0 Å². The molecule has 1 aromatic heterocycles. The van der Waals surface area contributed by atoms with Crippen LogP contribution in [0.15, 0.2) is 97.2 Å². The van der Waals surface area contributed by atoms with Gasteiger partial charge in [-0.3, -0.25) is 9.69 Å². The number of aryl methyl sites for hydroxylation is 1. The van der Waals surface area contributed by atoms with Crippen LogP contribution >= 0.6 is 0 Å². The maximum Gasteiger partial charge on any atom is 0.322 e. The lowest BCUT2D eigenvalue weighted by Crippen LogP contribution is -2.48. The summed E-state index contributed by atoms with van der Waals surface area (Å²) >= 11 is 0. The Morgan fingerprint density at radius 2 is 1.56 bits per heavy atom. The number of aromatic nitrogens is 1. The van der Waals surface area contributed by atoms with Crippen LogP contribution in [0, 0.1) is 6.92 Å². The van der Waals surface area contributed by atoms with Crippen molar-refractivity contribution in [2.75, 3.05) is 16.8 Å². The Bertz CT molecular complexity index is 1410. The zero-order valence-electron chi connectivity index (χ0n) is 20.2. The molecule has 1 aliphatic heterocycles. The van der Waals surface area contributed by atoms with Crippen LogP contribution in [0.5, 0.6) is 0 Å². The van der Waals surface area contributed by atoms with Crippen molar-refractivity contribution >= 4 is 23.3 Å². The van der Waals surface area contributed by atoms with Gasteiger partial charge in [-0.1, -0.05) is 60.2 Å². The molecule has 1 fully saturated rings. The molecule has 3 aromatic carbocycles. The van der Waals surface area contributed by atoms with Gasteiger partial charge in [0.2, 0.25) is 5.91 Å². The van der Waals surface area contributed by atoms with Crippen LogP contribution in [0.3, 0.4) is 0 Å². The third kappa shape index (κ3) is 4.05. The van der Waals surface area contributed by atoms with Gasteiger partial charge in [-0.25, -0.2) is 4.79 Å². The SMILES string of the molecule is Cc1ccc(C2c3cccn3-c3ccccc3N2C(=O)CN(C(=O)Nc2ccccc2)C2CC2)cc1. The first-order valence-corrected chi connectivity index (χ1v) is 12.4. The molecular weight excluding hydrogens is 448 g/mol. The highest BCUT2D eigenvalue weighted by Gasteiger charge is 2.40. The lowest BCUT2D eigenvalue weighted by molar-refractivity contribution is -0.119. The van der Waals surface area contributed by atoms with E-state index in [9.17, 15) is 9.59 Å². The molecule has 0 saturated heterocycles. The van der Waals surface area contributed by atoms with E-state index < -0.39 is 0 Å². The highest BCUT2D eigenvalue weighted by atomic mass is 16.2. The Morgan fingerprint density at radius 3 is 2.28 bits per heavy atom. The van der Waals surface area contributed by atoms with Gasteiger partial charge < -0.3 is 14.8 Å². The van der Waals surface area contributed by atoms with Crippen LogP contribution in [-0.4, -0.2) is 34.0 Å². The number of benzene rings is 3. The highest BCUT2D eigenvalue weighted by Crippen LogP contribution is 2.42. The molecule has 180 valence electrons. The Kier molecular flexibility index (Phi) is 5.56. The van der Waals surface area contributed by atoms with Crippen molar-refractivity contribution in [3.05, 3.63) is 114 Å². The van der Waals surface area contributed by atoms with Crippen LogP contribution in [0.1, 0.15) is 35.7 Å². The minimum Gasteiger partial charge on any atom is -0.316 e. The van der Waals surface area contributed by atoms with E-state index in [4.69, 9.17) is 0 Å². The van der Waals surface area contributed by atoms with Gasteiger partial charge in [-0.05, 0) is 61.7 Å². The predicted molar refractivity (Wildman–Crippen MR) is 141 cm³/mol. The second kappa shape index (κ2) is 9.04. The second-order valence-corrected chi connectivity index (χ2v) is 9.52. The van der Waals surface area contributed by atoms with E-state index in [1.807, 2.05) is 71.8 Å². The average Bonchev–Trinajstić information content (AvgIpc) is 3.62. The highest BCUT2D eigenvalue weighted by molar-refractivity contribution is 6.01. The summed E-state index contributed by atoms with van der Waals surface area (Å²) in [5, 5.41) is 2.96. The topological polar surface area (TPSA) is 57.6 Å². The van der Waals surface area contributed by atoms with Crippen LogP contribution in [-0.2, 0) is 4.79 Å². The maximum atomic E-state index is 14.1. The first-order valence-electron chi connectivity index (χ1n) is 12.4. The Labute approximate surface area is 210 Å². The summed E-state index contributed by atoms with van der Waals surface area (Å²) in [5.41, 5.74) is 5.75. The van der Waals surface area contributed by atoms with Crippen molar-refractivity contribution in [3.63, 3.8) is 0 Å². The molecule has 6 nitrogen and oxygen atoms in total. The van der Waals surface area contributed by atoms with Crippen molar-refractivity contribution in [2.24, 2.45) is 0 Å². The molecule has 6 rings (SSSR count). The smallest absolute Gasteiger partial charge is 0.316 e. The van der Waals surface area contributed by atoms with Crippen LogP contribution in [0.4, 0.5) is 16.2 Å². The van der Waals surface area contributed by atoms with E-state index in [0.717, 1.165) is 41.2 Å². The number of amides is 3. The molecule has 1 aliphatic carbocycles. The lowest BCUT2D eigenvalue weighted by Gasteiger charge is -2.39. The van der Waals surface area contributed by atoms with E-state index >= 15 is 0 Å². The molecule has 0 spiro atoms. The molecular formula is C30H28N4O2. The number of anilines is 2. The van der Waals surface area contributed by atoms with Gasteiger partial charge in [-0.15, -0.1) is 0 Å². The first kappa shape index (κ1) is 22.2. The minimum atomic E-state index is -0.291. The number of hydrogen-bond donors (Lipinski definition) is 1. The Balaban J connectivity index is 1.37. The average molecular weight is 477 g/mol. The minimum absolute atomic E-state index is 0.0146. The van der Waals surface area contributed by atoms with Crippen LogP contribution < -0.4 is 10.2 Å². The number of urea groups is 1. The molecule has 4 aromatic rings. The molecule has 0 radical (unpaired) electrons. The number of fused-ring (bicyclic) bond motifs is 3. The van der Waals surface area contributed by atoms with E-state index in [0.29, 0.717) is 0 Å². The van der Waals surface area contributed by atoms with Crippen molar-refractivity contribution in [1.29, 1.82) is 0 Å². The Hall–Kier alpha value is -4.32. The number of nitrogens with zero attached hydrogens (tertiary/aromatic N) is 3. The van der Waals surface area contributed by atoms with E-state index in [1.54, 1.807) is 4.90 Å². The number of carbonyl (C=O) groups excluding carboxylic acids is 2. The third-order valence-corrected chi connectivity index (χ3v) is 6.96. The molecule has 2 heterocycles. The molecule has 1 saturated carbocycles. The fraction of sp³-hybridized carbons (Fsp3) is 0.200. The van der Waals surface area contributed by atoms with Crippen molar-refractivity contribution < 1.29 is 9.59 Å². The van der Waals surface area contributed by atoms with Gasteiger partial charge in [-0.2, -0.15) is 0 Å². The summed E-state index contributed by atoms with van der Waals surface area (Å²) in [7, 11) is 0. The summed E-state index contributed by atoms with van der Waals surface area (Å²) in [5.74, 6) is -0.101. The molecule has 6 heteroatoms. The quantitative estimate of drug-likeness (QED) is 0.389. The van der Waals surface area contributed by atoms with Crippen molar-refractivity contribution in [2.45, 2.75) is 31.8 Å². The monoisotopic (exact) mass is 476 g/mol. The fourth-order valence-electron chi connectivity index (χ4n) is 5.02. The Morgan fingerprint density at radius 1 is 0.861 bits per heavy atom.